The lowest BCUT2D eigenvalue weighted by molar-refractivity contribution is 0.405. The van der Waals surface area contributed by atoms with Crippen molar-refractivity contribution in [2.24, 2.45) is 5.92 Å². The van der Waals surface area contributed by atoms with Gasteiger partial charge in [0.25, 0.3) is 0 Å². The Morgan fingerprint density at radius 1 is 1.08 bits per heavy atom. The number of nitrogens with zero attached hydrogens (tertiary/aromatic N) is 3. The molecule has 1 aliphatic rings. The molecule has 1 aliphatic heterocycles. The van der Waals surface area contributed by atoms with E-state index in [0.29, 0.717) is 0 Å². The first-order chi connectivity index (χ1) is 12.1. The number of nitrogens with one attached hydrogen (secondary N) is 1. The third kappa shape index (κ3) is 4.13. The summed E-state index contributed by atoms with van der Waals surface area (Å²) >= 11 is 0. The Labute approximate surface area is 149 Å². The van der Waals surface area contributed by atoms with Crippen molar-refractivity contribution in [2.75, 3.05) is 37.5 Å². The fourth-order valence-electron chi connectivity index (χ4n) is 3.02. The van der Waals surface area contributed by atoms with Gasteiger partial charge in [0.05, 0.1) is 19.9 Å². The summed E-state index contributed by atoms with van der Waals surface area (Å²) in [5.74, 6) is 3.83. The molecule has 0 atom stereocenters. The van der Waals surface area contributed by atoms with E-state index in [-0.39, 0.29) is 0 Å². The van der Waals surface area contributed by atoms with E-state index in [0.717, 1.165) is 53.7 Å². The van der Waals surface area contributed by atoms with Crippen LogP contribution in [0.4, 0.5) is 17.5 Å². The van der Waals surface area contributed by atoms with Crippen LogP contribution in [0.3, 0.4) is 0 Å². The van der Waals surface area contributed by atoms with Gasteiger partial charge in [-0.3, -0.25) is 0 Å². The lowest BCUT2D eigenvalue weighted by Gasteiger charge is -2.30. The number of hydrogen-bond donors (Lipinski definition) is 1. The summed E-state index contributed by atoms with van der Waals surface area (Å²) in [4.78, 5) is 11.6. The van der Waals surface area contributed by atoms with Gasteiger partial charge < -0.3 is 19.7 Å². The third-order valence-electron chi connectivity index (χ3n) is 4.58. The maximum Gasteiger partial charge on any atom is 0.227 e. The van der Waals surface area contributed by atoms with E-state index in [1.54, 1.807) is 14.2 Å². The molecule has 1 saturated heterocycles. The molecule has 3 rings (SSSR count). The average molecular weight is 342 g/mol. The first-order valence-electron chi connectivity index (χ1n) is 8.68. The molecule has 6 nitrogen and oxygen atoms in total. The molecular formula is C19H26N4O2. The van der Waals surface area contributed by atoms with E-state index in [1.165, 1.54) is 12.8 Å². The van der Waals surface area contributed by atoms with Crippen molar-refractivity contribution in [2.45, 2.75) is 26.7 Å². The van der Waals surface area contributed by atoms with Gasteiger partial charge in [-0.1, -0.05) is 6.92 Å². The van der Waals surface area contributed by atoms with Crippen molar-refractivity contribution in [3.8, 4) is 11.5 Å². The van der Waals surface area contributed by atoms with Crippen LogP contribution in [0.1, 0.15) is 25.5 Å². The molecule has 0 saturated carbocycles. The number of piperidine rings is 1. The highest BCUT2D eigenvalue weighted by Crippen LogP contribution is 2.31. The largest absolute Gasteiger partial charge is 0.497 e. The van der Waals surface area contributed by atoms with E-state index in [2.05, 4.69) is 22.1 Å². The van der Waals surface area contributed by atoms with E-state index >= 15 is 0 Å². The van der Waals surface area contributed by atoms with Crippen LogP contribution in [-0.4, -0.2) is 37.3 Å². The highest BCUT2D eigenvalue weighted by molar-refractivity contribution is 5.67. The predicted octanol–water partition coefficient (Wildman–Crippen LogP) is 3.78. The number of ether oxygens (including phenoxy) is 2. The number of aryl methyl sites for hydroxylation is 1. The fraction of sp³-hybridized carbons (Fsp3) is 0.474. The van der Waals surface area contributed by atoms with E-state index < -0.39 is 0 Å². The van der Waals surface area contributed by atoms with Gasteiger partial charge in [0.1, 0.15) is 17.3 Å². The second-order valence-electron chi connectivity index (χ2n) is 6.56. The Kier molecular flexibility index (Phi) is 5.26. The molecule has 0 amide bonds. The summed E-state index contributed by atoms with van der Waals surface area (Å²) in [7, 11) is 3.30. The monoisotopic (exact) mass is 342 g/mol. The Balaban J connectivity index is 1.86. The molecule has 0 spiro atoms. The van der Waals surface area contributed by atoms with Crippen LogP contribution in [0.25, 0.3) is 0 Å². The molecule has 2 aromatic rings. The Morgan fingerprint density at radius 2 is 1.84 bits per heavy atom. The van der Waals surface area contributed by atoms with Gasteiger partial charge >= 0.3 is 0 Å². The van der Waals surface area contributed by atoms with Crippen LogP contribution in [0.2, 0.25) is 0 Å². The lowest BCUT2D eigenvalue weighted by Crippen LogP contribution is -2.34. The molecule has 1 N–H and O–H groups in total. The molecule has 0 unspecified atom stereocenters. The number of hydrogen-bond acceptors (Lipinski definition) is 6. The summed E-state index contributed by atoms with van der Waals surface area (Å²) in [6, 6.07) is 7.59. The molecule has 25 heavy (non-hydrogen) atoms. The SMILES string of the molecule is COc1ccc(OC)c(Nc2cc(C)nc(N3CCC(C)CC3)n2)c1. The topological polar surface area (TPSA) is 59.5 Å². The minimum absolute atomic E-state index is 0.741. The second kappa shape index (κ2) is 7.59. The Morgan fingerprint density at radius 3 is 2.52 bits per heavy atom. The molecular weight excluding hydrogens is 316 g/mol. The average Bonchev–Trinajstić information content (AvgIpc) is 2.61. The first-order valence-corrected chi connectivity index (χ1v) is 8.68. The van der Waals surface area contributed by atoms with E-state index in [4.69, 9.17) is 14.5 Å². The quantitative estimate of drug-likeness (QED) is 0.892. The third-order valence-corrected chi connectivity index (χ3v) is 4.58. The summed E-state index contributed by atoms with van der Waals surface area (Å²) in [6.07, 6.45) is 2.37. The van der Waals surface area contributed by atoms with Gasteiger partial charge in [0, 0.05) is 30.9 Å². The number of aromatic nitrogens is 2. The van der Waals surface area contributed by atoms with Crippen molar-refractivity contribution in [3.05, 3.63) is 30.0 Å². The minimum atomic E-state index is 0.741. The van der Waals surface area contributed by atoms with Crippen molar-refractivity contribution >= 4 is 17.5 Å². The second-order valence-corrected chi connectivity index (χ2v) is 6.56. The summed E-state index contributed by atoms with van der Waals surface area (Å²) in [6.45, 7) is 6.31. The highest BCUT2D eigenvalue weighted by atomic mass is 16.5. The lowest BCUT2D eigenvalue weighted by atomic mass is 10.00. The normalized spacial score (nSPS) is 15.1. The van der Waals surface area contributed by atoms with Gasteiger partial charge in [-0.25, -0.2) is 4.98 Å². The standard InChI is InChI=1S/C19H26N4O2/c1-13-7-9-23(10-8-13)19-20-14(2)11-18(22-19)21-16-12-15(24-3)5-6-17(16)25-4/h5-6,11-13H,7-10H2,1-4H3,(H,20,21,22). The predicted molar refractivity (Wildman–Crippen MR) is 100 cm³/mol. The molecule has 0 radical (unpaired) electrons. The molecule has 6 heteroatoms. The smallest absolute Gasteiger partial charge is 0.227 e. The Bertz CT molecular complexity index is 727. The summed E-state index contributed by atoms with van der Waals surface area (Å²) in [5.41, 5.74) is 1.76. The molecule has 1 aromatic heterocycles. The van der Waals surface area contributed by atoms with Crippen LogP contribution in [-0.2, 0) is 0 Å². The Hall–Kier alpha value is -2.50. The maximum absolute atomic E-state index is 5.43. The number of rotatable bonds is 5. The van der Waals surface area contributed by atoms with E-state index in [1.807, 2.05) is 31.2 Å². The van der Waals surface area contributed by atoms with Crippen molar-refractivity contribution in [3.63, 3.8) is 0 Å². The highest BCUT2D eigenvalue weighted by Gasteiger charge is 2.19. The van der Waals surface area contributed by atoms with Crippen LogP contribution >= 0.6 is 0 Å². The van der Waals surface area contributed by atoms with Crippen molar-refractivity contribution in [1.29, 1.82) is 0 Å². The molecule has 1 fully saturated rings. The molecule has 0 aliphatic carbocycles. The van der Waals surface area contributed by atoms with Gasteiger partial charge in [0.2, 0.25) is 5.95 Å². The van der Waals surface area contributed by atoms with Gasteiger partial charge in [-0.05, 0) is 37.8 Å². The molecule has 2 heterocycles. The number of methoxy groups -OCH3 is 2. The molecule has 0 bridgehead atoms. The zero-order chi connectivity index (χ0) is 17.8. The molecule has 134 valence electrons. The van der Waals surface area contributed by atoms with Crippen LogP contribution < -0.4 is 19.7 Å². The fourth-order valence-corrected chi connectivity index (χ4v) is 3.02. The maximum atomic E-state index is 5.43. The minimum Gasteiger partial charge on any atom is -0.497 e. The zero-order valence-electron chi connectivity index (χ0n) is 15.4. The van der Waals surface area contributed by atoms with Gasteiger partial charge in [-0.2, -0.15) is 4.98 Å². The van der Waals surface area contributed by atoms with Gasteiger partial charge in [0.15, 0.2) is 0 Å². The summed E-state index contributed by atoms with van der Waals surface area (Å²) < 4.78 is 10.7. The number of benzene rings is 1. The zero-order valence-corrected chi connectivity index (χ0v) is 15.4. The van der Waals surface area contributed by atoms with Crippen LogP contribution in [0, 0.1) is 12.8 Å². The molecule has 1 aromatic carbocycles. The van der Waals surface area contributed by atoms with Crippen LogP contribution in [0.5, 0.6) is 11.5 Å². The van der Waals surface area contributed by atoms with Crippen LogP contribution in [0.15, 0.2) is 24.3 Å². The number of anilines is 3. The van der Waals surface area contributed by atoms with Crippen molar-refractivity contribution < 1.29 is 9.47 Å². The van der Waals surface area contributed by atoms with Crippen molar-refractivity contribution in [1.82, 2.24) is 9.97 Å². The van der Waals surface area contributed by atoms with E-state index in [9.17, 15) is 0 Å². The summed E-state index contributed by atoms with van der Waals surface area (Å²) in [5, 5.41) is 3.34. The first kappa shape index (κ1) is 17.3. The van der Waals surface area contributed by atoms with Gasteiger partial charge in [-0.15, -0.1) is 0 Å².